The molecular weight excluding hydrogens is 571 g/mol. The van der Waals surface area contributed by atoms with Gasteiger partial charge in [-0.3, -0.25) is 4.57 Å². The second-order valence-electron chi connectivity index (χ2n) is 11.1. The molecule has 4 nitrogen and oxygen atoms in total. The highest BCUT2D eigenvalue weighted by Gasteiger charge is 2.31. The predicted molar refractivity (Wildman–Crippen MR) is 173 cm³/mol. The number of rotatable bonds is 3. The number of hydrogen-bond donors (Lipinski definition) is 0. The van der Waals surface area contributed by atoms with E-state index in [0.717, 1.165) is 61.1 Å². The van der Waals surface area contributed by atoms with Crippen LogP contribution in [0.2, 0.25) is 0 Å². The van der Waals surface area contributed by atoms with Crippen molar-refractivity contribution >= 4 is 54.8 Å². The number of imidazole rings is 1. The normalized spacial score (nSPS) is 12.3. The lowest BCUT2D eigenvalue weighted by Gasteiger charge is -2.13. The van der Waals surface area contributed by atoms with Crippen molar-refractivity contribution in [1.29, 1.82) is 0 Å². The van der Waals surface area contributed by atoms with Gasteiger partial charge in [-0.15, -0.1) is 0 Å². The fourth-order valence-electron chi connectivity index (χ4n) is 6.56. The summed E-state index contributed by atoms with van der Waals surface area (Å²) < 4.78 is 51.7. The van der Waals surface area contributed by atoms with Gasteiger partial charge in [-0.25, -0.2) is 4.98 Å². The zero-order valence-corrected chi connectivity index (χ0v) is 23.6. The molecule has 216 valence electrons. The summed E-state index contributed by atoms with van der Waals surface area (Å²) in [6, 6.07) is 41.6. The molecule has 3 aromatic heterocycles. The van der Waals surface area contributed by atoms with Crippen LogP contribution in [0.5, 0.6) is 0 Å². The van der Waals surface area contributed by atoms with E-state index in [1.807, 2.05) is 84.9 Å². The van der Waals surface area contributed by atoms with E-state index >= 15 is 0 Å². The molecule has 3 heterocycles. The lowest BCUT2D eigenvalue weighted by molar-refractivity contribution is -0.137. The summed E-state index contributed by atoms with van der Waals surface area (Å²) in [5.41, 5.74) is 6.32. The average molecular weight is 594 g/mol. The third-order valence-corrected chi connectivity index (χ3v) is 8.56. The van der Waals surface area contributed by atoms with Crippen molar-refractivity contribution in [1.82, 2.24) is 14.1 Å². The number of aromatic nitrogens is 3. The Labute approximate surface area is 254 Å². The molecule has 7 heteroatoms. The van der Waals surface area contributed by atoms with Crippen molar-refractivity contribution < 1.29 is 17.6 Å². The minimum Gasteiger partial charge on any atom is -0.455 e. The van der Waals surface area contributed by atoms with Crippen LogP contribution >= 0.6 is 0 Å². The lowest BCUT2D eigenvalue weighted by atomic mass is 10.1. The molecule has 9 rings (SSSR count). The van der Waals surface area contributed by atoms with Crippen molar-refractivity contribution in [3.63, 3.8) is 0 Å². The fourth-order valence-corrected chi connectivity index (χ4v) is 6.56. The van der Waals surface area contributed by atoms with E-state index in [9.17, 15) is 13.2 Å². The maximum atomic E-state index is 13.8. The van der Waals surface area contributed by atoms with Crippen molar-refractivity contribution in [3.8, 4) is 22.8 Å². The van der Waals surface area contributed by atoms with E-state index in [1.165, 1.54) is 12.1 Å². The van der Waals surface area contributed by atoms with E-state index in [-0.39, 0.29) is 0 Å². The molecule has 0 radical (unpaired) electrons. The minimum absolute atomic E-state index is 0.389. The Morgan fingerprint density at radius 1 is 0.556 bits per heavy atom. The number of alkyl halides is 3. The molecule has 9 aromatic rings. The highest BCUT2D eigenvalue weighted by molar-refractivity contribution is 6.23. The van der Waals surface area contributed by atoms with Crippen LogP contribution in [-0.4, -0.2) is 14.1 Å². The van der Waals surface area contributed by atoms with Gasteiger partial charge in [0.15, 0.2) is 0 Å². The summed E-state index contributed by atoms with van der Waals surface area (Å²) in [7, 11) is 0. The first-order valence-corrected chi connectivity index (χ1v) is 14.5. The van der Waals surface area contributed by atoms with Gasteiger partial charge < -0.3 is 8.98 Å². The van der Waals surface area contributed by atoms with E-state index in [0.29, 0.717) is 22.5 Å². The fraction of sp³-hybridized carbons (Fsp3) is 0.0263. The van der Waals surface area contributed by atoms with E-state index < -0.39 is 11.7 Å². The van der Waals surface area contributed by atoms with E-state index in [1.54, 1.807) is 4.57 Å². The molecule has 45 heavy (non-hydrogen) atoms. The van der Waals surface area contributed by atoms with Gasteiger partial charge in [0.1, 0.15) is 17.0 Å². The largest absolute Gasteiger partial charge is 0.455 e. The van der Waals surface area contributed by atoms with Crippen molar-refractivity contribution in [2.75, 3.05) is 0 Å². The van der Waals surface area contributed by atoms with Gasteiger partial charge in [-0.05, 0) is 66.7 Å². The SMILES string of the molecule is FC(F)(F)c1ccc2nc(-c3ccccc3)n(-c3ccc(-n4c5ccccc5c5c6oc7ccccc7c6ccc54)cc3)c2c1. The highest BCUT2D eigenvalue weighted by Crippen LogP contribution is 2.41. The zero-order valence-electron chi connectivity index (χ0n) is 23.6. The van der Waals surface area contributed by atoms with Crippen LogP contribution < -0.4 is 0 Å². The Hall–Kier alpha value is -5.82. The Morgan fingerprint density at radius 2 is 1.24 bits per heavy atom. The van der Waals surface area contributed by atoms with E-state index in [4.69, 9.17) is 9.40 Å². The second kappa shape index (κ2) is 9.34. The molecule has 0 saturated heterocycles. The molecule has 0 bridgehead atoms. The first kappa shape index (κ1) is 25.7. The standard InChI is InChI=1S/C38H22F3N3O/c39-38(40,41)24-14-20-30-33(22-24)44(37(42-30)23-8-2-1-3-9-23)26-17-15-25(16-18-26)43-31-12-6-4-11-29(31)35-32(43)21-19-28-27-10-5-7-13-34(27)45-36(28)35/h1-22H. The number of para-hydroxylation sites is 2. The Bertz CT molecular complexity index is 2570. The maximum absolute atomic E-state index is 13.8. The summed E-state index contributed by atoms with van der Waals surface area (Å²) in [4.78, 5) is 4.76. The number of nitrogens with zero attached hydrogens (tertiary/aromatic N) is 3. The van der Waals surface area contributed by atoms with Crippen LogP contribution in [0.3, 0.4) is 0 Å². The highest BCUT2D eigenvalue weighted by atomic mass is 19.4. The minimum atomic E-state index is -4.47. The number of halogens is 3. The first-order chi connectivity index (χ1) is 22.0. The topological polar surface area (TPSA) is 35.9 Å². The summed E-state index contributed by atoms with van der Waals surface area (Å²) in [6.45, 7) is 0. The molecule has 0 fully saturated rings. The van der Waals surface area contributed by atoms with Crippen molar-refractivity contribution in [2.24, 2.45) is 0 Å². The van der Waals surface area contributed by atoms with Crippen molar-refractivity contribution in [3.05, 3.63) is 139 Å². The molecule has 0 atom stereocenters. The summed E-state index contributed by atoms with van der Waals surface area (Å²) in [6.07, 6.45) is -4.47. The molecule has 0 aliphatic rings. The first-order valence-electron chi connectivity index (χ1n) is 14.5. The Morgan fingerprint density at radius 3 is 2.02 bits per heavy atom. The molecule has 0 aliphatic carbocycles. The molecule has 0 saturated carbocycles. The molecule has 6 aromatic carbocycles. The van der Waals surface area contributed by atoms with Gasteiger partial charge in [0.05, 0.1) is 33.0 Å². The molecule has 0 N–H and O–H groups in total. The van der Waals surface area contributed by atoms with Crippen LogP contribution in [0.1, 0.15) is 5.56 Å². The van der Waals surface area contributed by atoms with E-state index in [2.05, 4.69) is 34.9 Å². The smallest absolute Gasteiger partial charge is 0.416 e. The monoisotopic (exact) mass is 593 g/mol. The van der Waals surface area contributed by atoms with Crippen LogP contribution in [0, 0.1) is 0 Å². The third-order valence-electron chi connectivity index (χ3n) is 8.56. The molecular formula is C38H22F3N3O. The number of benzene rings is 6. The van der Waals surface area contributed by atoms with Gasteiger partial charge in [-0.1, -0.05) is 66.7 Å². The Balaban J connectivity index is 1.26. The number of fused-ring (bicyclic) bond motifs is 8. The summed E-state index contributed by atoms with van der Waals surface area (Å²) in [5, 5.41) is 4.25. The van der Waals surface area contributed by atoms with Crippen LogP contribution in [0.25, 0.3) is 77.5 Å². The van der Waals surface area contributed by atoms with Gasteiger partial charge in [0.25, 0.3) is 0 Å². The Kier molecular flexibility index (Phi) is 5.32. The van der Waals surface area contributed by atoms with Gasteiger partial charge >= 0.3 is 6.18 Å². The molecule has 0 spiro atoms. The van der Waals surface area contributed by atoms with Gasteiger partial charge in [0, 0.05) is 33.1 Å². The zero-order chi connectivity index (χ0) is 30.3. The number of furan rings is 1. The van der Waals surface area contributed by atoms with Crippen LogP contribution in [0.15, 0.2) is 138 Å². The van der Waals surface area contributed by atoms with Gasteiger partial charge in [-0.2, -0.15) is 13.2 Å². The summed E-state index contributed by atoms with van der Waals surface area (Å²) >= 11 is 0. The van der Waals surface area contributed by atoms with Crippen LogP contribution in [0.4, 0.5) is 13.2 Å². The van der Waals surface area contributed by atoms with Gasteiger partial charge in [0.2, 0.25) is 0 Å². The number of hydrogen-bond acceptors (Lipinski definition) is 2. The second-order valence-corrected chi connectivity index (χ2v) is 11.1. The lowest BCUT2D eigenvalue weighted by Crippen LogP contribution is -2.05. The quantitative estimate of drug-likeness (QED) is 0.204. The predicted octanol–water partition coefficient (Wildman–Crippen LogP) is 10.7. The molecule has 0 amide bonds. The third kappa shape index (κ3) is 3.83. The van der Waals surface area contributed by atoms with Crippen LogP contribution in [-0.2, 0) is 6.18 Å². The molecule has 0 aliphatic heterocycles. The molecule has 0 unspecified atom stereocenters. The average Bonchev–Trinajstić information content (AvgIpc) is 3.74. The van der Waals surface area contributed by atoms with Crippen molar-refractivity contribution in [2.45, 2.75) is 6.18 Å². The summed E-state index contributed by atoms with van der Waals surface area (Å²) in [5.74, 6) is 0.571. The maximum Gasteiger partial charge on any atom is 0.416 e.